The number of aryl methyl sites for hydroxylation is 4. The van der Waals surface area contributed by atoms with Crippen molar-refractivity contribution in [3.8, 4) is 34.3 Å². The number of carbonyl (C=O) groups is 1. The number of rotatable bonds is 14. The van der Waals surface area contributed by atoms with Gasteiger partial charge in [0.1, 0.15) is 34.2 Å². The molecule has 2 fully saturated rings. The number of benzene rings is 2. The Morgan fingerprint density at radius 1 is 0.612 bits per heavy atom. The van der Waals surface area contributed by atoms with Crippen LogP contribution in [-0.4, -0.2) is 146 Å². The van der Waals surface area contributed by atoms with Crippen LogP contribution in [0.4, 0.5) is 4.79 Å². The molecule has 67 heavy (non-hydrogen) atoms. The summed E-state index contributed by atoms with van der Waals surface area (Å²) in [6, 6.07) is 8.57. The van der Waals surface area contributed by atoms with Gasteiger partial charge in [0.25, 0.3) is 11.1 Å². The van der Waals surface area contributed by atoms with Crippen LogP contribution in [0.5, 0.6) is 11.5 Å². The Labute approximate surface area is 409 Å². The number of hydrogen-bond donors (Lipinski definition) is 2. The first kappa shape index (κ1) is 49.7. The van der Waals surface area contributed by atoms with Crippen molar-refractivity contribution in [2.24, 2.45) is 14.1 Å². The third-order valence-corrected chi connectivity index (χ3v) is 15.6. The van der Waals surface area contributed by atoms with Crippen molar-refractivity contribution < 1.29 is 60.7 Å². The molecule has 4 aromatic heterocycles. The third kappa shape index (κ3) is 9.50. The third-order valence-electron chi connectivity index (χ3n) is 11.8. The number of sulfonamides is 2. The summed E-state index contributed by atoms with van der Waals surface area (Å²) in [6.45, 7) is 8.73. The minimum Gasteiger partial charge on any atom is -0.493 e. The van der Waals surface area contributed by atoms with Crippen molar-refractivity contribution in [2.45, 2.75) is 63.2 Å². The van der Waals surface area contributed by atoms with Crippen molar-refractivity contribution in [3.05, 3.63) is 68.5 Å². The van der Waals surface area contributed by atoms with E-state index in [-0.39, 0.29) is 123 Å². The smallest absolute Gasteiger partial charge is 0.493 e. The average Bonchev–Trinajstić information content (AvgIpc) is 3.80. The van der Waals surface area contributed by atoms with Crippen LogP contribution < -0.4 is 50.1 Å². The largest absolute Gasteiger partial charge is 1.00 e. The molecule has 2 saturated heterocycles. The van der Waals surface area contributed by atoms with E-state index in [9.17, 15) is 31.2 Å². The summed E-state index contributed by atoms with van der Waals surface area (Å²) in [5.41, 5.74) is 2.61. The minimum atomic E-state index is -4.07. The number of piperazine rings is 2. The summed E-state index contributed by atoms with van der Waals surface area (Å²) >= 11 is 0. The van der Waals surface area contributed by atoms with E-state index in [1.807, 2.05) is 13.8 Å². The van der Waals surface area contributed by atoms with Crippen molar-refractivity contribution >= 4 is 48.1 Å². The fourth-order valence-electron chi connectivity index (χ4n) is 8.57. The molecule has 0 radical (unpaired) electrons. The van der Waals surface area contributed by atoms with Gasteiger partial charge < -0.3 is 29.2 Å². The van der Waals surface area contributed by atoms with Gasteiger partial charge in [-0.1, -0.05) is 26.7 Å². The molecule has 24 heteroatoms. The molecule has 2 aliphatic heterocycles. The average molecular weight is 970 g/mol. The summed E-state index contributed by atoms with van der Waals surface area (Å²) < 4.78 is 73.8. The van der Waals surface area contributed by atoms with E-state index in [4.69, 9.17) is 19.4 Å². The van der Waals surface area contributed by atoms with Crippen LogP contribution in [0.25, 0.3) is 44.8 Å². The van der Waals surface area contributed by atoms with E-state index in [1.165, 1.54) is 42.2 Å². The van der Waals surface area contributed by atoms with Crippen molar-refractivity contribution in [1.29, 1.82) is 0 Å². The zero-order valence-electron chi connectivity index (χ0n) is 38.8. The first-order valence-electron chi connectivity index (χ1n) is 22.1. The Morgan fingerprint density at radius 2 is 0.985 bits per heavy atom. The van der Waals surface area contributed by atoms with E-state index >= 15 is 0 Å². The number of carbonyl (C=O) groups excluding carboxylic acids is 1. The van der Waals surface area contributed by atoms with Gasteiger partial charge in [0.15, 0.2) is 11.0 Å². The fourth-order valence-corrected chi connectivity index (χ4v) is 11.5. The second-order valence-electron chi connectivity index (χ2n) is 16.1. The maximum atomic E-state index is 14.1. The van der Waals surface area contributed by atoms with Crippen LogP contribution in [0.3, 0.4) is 0 Å². The molecule has 8 rings (SSSR count). The fraction of sp³-hybridized carbons (Fsp3) is 0.465. The summed E-state index contributed by atoms with van der Waals surface area (Å²) in [4.78, 5) is 58.5. The van der Waals surface area contributed by atoms with Crippen molar-refractivity contribution in [2.75, 3.05) is 65.6 Å². The van der Waals surface area contributed by atoms with Gasteiger partial charge in [0.05, 0.1) is 45.5 Å². The monoisotopic (exact) mass is 969 g/mol. The maximum Gasteiger partial charge on any atom is 1.00 e. The molecule has 0 saturated carbocycles. The molecule has 6 heterocycles. The van der Waals surface area contributed by atoms with Gasteiger partial charge in [-0.2, -0.15) is 18.8 Å². The maximum absolute atomic E-state index is 14.1. The predicted octanol–water partition coefficient (Wildman–Crippen LogP) is 0.0998. The molecule has 0 atom stereocenters. The molecule has 0 bridgehead atoms. The quantitative estimate of drug-likeness (QED) is 0.138. The Balaban J connectivity index is 0.00000666. The first-order chi connectivity index (χ1) is 31.6. The number of aromatic nitrogens is 8. The molecule has 0 spiro atoms. The Hall–Kier alpha value is -5.17. The predicted molar refractivity (Wildman–Crippen MR) is 246 cm³/mol. The standard InChI is InChI=1S/C43H54N12O9S2.Na/c1-7-11-31-35-37(50(5)48-31)41(56)46-39(44-35)29-25-27(13-15-33(29)63-9-3)65(59,60)54-21-17-52(18-22-54)43(58)53-19-23-55(24-20-53)66(61,62)28-14-16-34(64-10-4)30(26-28)40-45-36-32(12-8-2)49-51(6)38(36)42(57)47-40;/h13-16,25-26H,7-12,17-24H2,1-6H3,(H,44,46,56)(H,45,47,57);/q;+1. The van der Waals surface area contributed by atoms with Gasteiger partial charge in [-0.05, 0) is 63.1 Å². The minimum absolute atomic E-state index is 0. The van der Waals surface area contributed by atoms with E-state index in [0.717, 1.165) is 12.8 Å². The molecule has 0 unspecified atom stereocenters. The number of ether oxygens (including phenoxy) is 2. The number of aromatic amines is 2. The molecular weight excluding hydrogens is 916 g/mol. The summed E-state index contributed by atoms with van der Waals surface area (Å²) in [7, 11) is -4.79. The molecule has 6 aromatic rings. The number of hydrogen-bond acceptors (Lipinski definition) is 13. The van der Waals surface area contributed by atoms with E-state index in [2.05, 4.69) is 20.2 Å². The number of fused-ring (bicyclic) bond motifs is 2. The summed E-state index contributed by atoms with van der Waals surface area (Å²) in [5, 5.41) is 8.97. The topological polar surface area (TPSA) is 244 Å². The number of amides is 2. The van der Waals surface area contributed by atoms with E-state index in [0.29, 0.717) is 68.9 Å². The summed E-state index contributed by atoms with van der Waals surface area (Å²) in [5.74, 6) is 1.00. The molecule has 2 aliphatic rings. The van der Waals surface area contributed by atoms with Gasteiger partial charge >= 0.3 is 35.6 Å². The van der Waals surface area contributed by atoms with E-state index in [1.54, 1.807) is 49.9 Å². The van der Waals surface area contributed by atoms with Gasteiger partial charge in [0.2, 0.25) is 20.0 Å². The van der Waals surface area contributed by atoms with Gasteiger partial charge in [-0.15, -0.1) is 0 Å². The van der Waals surface area contributed by atoms with Gasteiger partial charge in [-0.25, -0.2) is 31.6 Å². The zero-order chi connectivity index (χ0) is 47.1. The Morgan fingerprint density at radius 3 is 1.33 bits per heavy atom. The molecule has 0 aliphatic carbocycles. The van der Waals surface area contributed by atoms with Crippen LogP contribution in [0.2, 0.25) is 0 Å². The molecule has 2 N–H and O–H groups in total. The molecule has 2 amide bonds. The Bertz CT molecular complexity index is 2960. The van der Waals surface area contributed by atoms with Crippen LogP contribution in [-0.2, 0) is 47.0 Å². The van der Waals surface area contributed by atoms with Gasteiger partial charge in [-0.3, -0.25) is 19.0 Å². The second-order valence-corrected chi connectivity index (χ2v) is 20.0. The van der Waals surface area contributed by atoms with E-state index < -0.39 is 31.2 Å². The van der Waals surface area contributed by atoms with Gasteiger partial charge in [0, 0.05) is 66.5 Å². The number of H-pyrrole nitrogens is 2. The van der Waals surface area contributed by atoms with Crippen LogP contribution in [0.15, 0.2) is 55.8 Å². The molecule has 2 aromatic carbocycles. The van der Waals surface area contributed by atoms with Crippen LogP contribution >= 0.6 is 0 Å². The zero-order valence-corrected chi connectivity index (χ0v) is 42.5. The normalized spacial score (nSPS) is 15.3. The van der Waals surface area contributed by atoms with Crippen LogP contribution in [0.1, 0.15) is 51.9 Å². The molecular formula is C43H54N12NaO9S2+. The summed E-state index contributed by atoms with van der Waals surface area (Å²) in [6.07, 6.45) is 2.79. The molecule has 352 valence electrons. The first-order valence-corrected chi connectivity index (χ1v) is 25.0. The second kappa shape index (κ2) is 20.2. The number of nitrogens with zero attached hydrogens (tertiary/aromatic N) is 10. The number of nitrogens with one attached hydrogen (secondary N) is 2. The van der Waals surface area contributed by atoms with Crippen molar-refractivity contribution in [1.82, 2.24) is 57.9 Å². The SMILES string of the molecule is CCCc1nn(C)c2c(=O)[nH]c(-c3cc(S(=O)(=O)N4CCN(C(=O)N5CCN(S(=O)(=O)c6ccc(OCC)c(-c7nc8c(CCC)nn(C)c8c(=O)[nH]7)c6)CC5)CC4)ccc3OCC)nc12.[Na+]. The Kier molecular flexibility index (Phi) is 15.0. The van der Waals surface area contributed by atoms with Crippen molar-refractivity contribution in [3.63, 3.8) is 0 Å². The number of urea groups is 1. The molecule has 21 nitrogen and oxygen atoms in total. The van der Waals surface area contributed by atoms with Crippen LogP contribution in [0, 0.1) is 0 Å².